The maximum atomic E-state index is 13.3. The lowest BCUT2D eigenvalue weighted by atomic mass is 10.3. The average Bonchev–Trinajstić information content (AvgIpc) is 2.32. The molecule has 0 atom stereocenters. The highest BCUT2D eigenvalue weighted by Crippen LogP contribution is 2.31. The number of hydrogen-bond donors (Lipinski definition) is 0. The molecule has 94 valence electrons. The van der Waals surface area contributed by atoms with Gasteiger partial charge in [-0.2, -0.15) is 0 Å². The highest BCUT2D eigenvalue weighted by Gasteiger charge is 2.08. The second kappa shape index (κ2) is 5.87. The van der Waals surface area contributed by atoms with E-state index in [0.717, 1.165) is 0 Å². The van der Waals surface area contributed by atoms with Crippen molar-refractivity contribution in [2.45, 2.75) is 6.61 Å². The van der Waals surface area contributed by atoms with Crippen LogP contribution in [-0.4, -0.2) is 4.98 Å². The predicted octanol–water partition coefficient (Wildman–Crippen LogP) is 4.87. The zero-order valence-electron chi connectivity index (χ0n) is 8.96. The van der Waals surface area contributed by atoms with Gasteiger partial charge < -0.3 is 4.74 Å². The summed E-state index contributed by atoms with van der Waals surface area (Å²) in [4.78, 5) is 4.08. The molecule has 0 aliphatic rings. The van der Waals surface area contributed by atoms with Gasteiger partial charge in [0, 0.05) is 17.3 Å². The van der Waals surface area contributed by atoms with Gasteiger partial charge in [0.15, 0.2) is 0 Å². The van der Waals surface area contributed by atoms with Crippen molar-refractivity contribution < 1.29 is 9.13 Å². The summed E-state index contributed by atoms with van der Waals surface area (Å²) < 4.78 is 19.3. The molecule has 1 aromatic heterocycles. The third kappa shape index (κ3) is 3.34. The molecule has 0 N–H and O–H groups in total. The Hall–Kier alpha value is -0.840. The summed E-state index contributed by atoms with van der Waals surface area (Å²) in [5.41, 5.74) is 0.657. The van der Waals surface area contributed by atoms with E-state index in [1.165, 1.54) is 12.1 Å². The smallest absolute Gasteiger partial charge is 0.145 e. The van der Waals surface area contributed by atoms with Crippen molar-refractivity contribution >= 4 is 39.1 Å². The van der Waals surface area contributed by atoms with Crippen LogP contribution in [0.15, 0.2) is 34.9 Å². The predicted molar refractivity (Wildman–Crippen MR) is 72.7 cm³/mol. The normalized spacial score (nSPS) is 10.4. The van der Waals surface area contributed by atoms with E-state index in [1.807, 2.05) is 0 Å². The lowest BCUT2D eigenvalue weighted by Crippen LogP contribution is -1.99. The summed E-state index contributed by atoms with van der Waals surface area (Å²) in [6.07, 6.45) is 1.58. The highest BCUT2D eigenvalue weighted by molar-refractivity contribution is 9.10. The maximum absolute atomic E-state index is 13.3. The van der Waals surface area contributed by atoms with Crippen molar-refractivity contribution in [2.75, 3.05) is 0 Å². The average molecular weight is 351 g/mol. The van der Waals surface area contributed by atoms with Crippen molar-refractivity contribution in [3.63, 3.8) is 0 Å². The third-order valence-electron chi connectivity index (χ3n) is 2.13. The van der Waals surface area contributed by atoms with Gasteiger partial charge in [-0.1, -0.05) is 23.2 Å². The molecule has 0 bridgehead atoms. The molecule has 18 heavy (non-hydrogen) atoms. The maximum Gasteiger partial charge on any atom is 0.145 e. The van der Waals surface area contributed by atoms with E-state index in [9.17, 15) is 4.39 Å². The van der Waals surface area contributed by atoms with Crippen LogP contribution >= 0.6 is 39.1 Å². The Morgan fingerprint density at radius 3 is 2.78 bits per heavy atom. The van der Waals surface area contributed by atoms with Crippen LogP contribution in [0.25, 0.3) is 0 Å². The minimum atomic E-state index is -0.533. The molecule has 0 radical (unpaired) electrons. The summed E-state index contributed by atoms with van der Waals surface area (Å²) in [6.45, 7) is 0.195. The first-order valence-corrected chi connectivity index (χ1v) is 6.49. The fraction of sp³-hybridized carbons (Fsp3) is 0.0833. The Labute approximate surface area is 122 Å². The summed E-state index contributed by atoms with van der Waals surface area (Å²) in [5.74, 6) is -0.174. The van der Waals surface area contributed by atoms with Crippen LogP contribution in [0.5, 0.6) is 5.75 Å². The molecule has 0 saturated heterocycles. The SMILES string of the molecule is Fc1cc(OCc2cc(Cl)ccn2)c(Br)cc1Cl. The molecule has 0 unspecified atom stereocenters. The van der Waals surface area contributed by atoms with E-state index in [2.05, 4.69) is 20.9 Å². The first-order chi connectivity index (χ1) is 8.56. The second-order valence-electron chi connectivity index (χ2n) is 3.45. The molecule has 2 rings (SSSR count). The number of halogens is 4. The number of nitrogens with zero attached hydrogens (tertiary/aromatic N) is 1. The monoisotopic (exact) mass is 349 g/mol. The number of benzene rings is 1. The van der Waals surface area contributed by atoms with Crippen LogP contribution in [-0.2, 0) is 6.61 Å². The van der Waals surface area contributed by atoms with Crippen molar-refractivity contribution in [3.05, 3.63) is 56.5 Å². The van der Waals surface area contributed by atoms with Crippen molar-refractivity contribution in [1.82, 2.24) is 4.98 Å². The van der Waals surface area contributed by atoms with E-state index in [0.29, 0.717) is 20.9 Å². The van der Waals surface area contributed by atoms with E-state index >= 15 is 0 Å². The lowest BCUT2D eigenvalue weighted by molar-refractivity contribution is 0.298. The van der Waals surface area contributed by atoms with Crippen molar-refractivity contribution in [1.29, 1.82) is 0 Å². The van der Waals surface area contributed by atoms with Crippen LogP contribution in [0, 0.1) is 5.82 Å². The van der Waals surface area contributed by atoms with Crippen LogP contribution < -0.4 is 4.74 Å². The Bertz CT molecular complexity index is 580. The molecule has 0 saturated carbocycles. The second-order valence-corrected chi connectivity index (χ2v) is 5.15. The molecular formula is C12H7BrCl2FNO. The fourth-order valence-corrected chi connectivity index (χ4v) is 2.23. The van der Waals surface area contributed by atoms with Gasteiger partial charge in [0.1, 0.15) is 18.2 Å². The number of rotatable bonds is 3. The van der Waals surface area contributed by atoms with Gasteiger partial charge in [0.05, 0.1) is 15.2 Å². The zero-order chi connectivity index (χ0) is 13.1. The first-order valence-electron chi connectivity index (χ1n) is 4.94. The Balaban J connectivity index is 2.13. The standard InChI is InChI=1S/C12H7BrCl2FNO/c13-9-4-10(15)11(16)5-12(9)18-6-8-3-7(14)1-2-17-8/h1-5H,6H2. The molecule has 0 spiro atoms. The van der Waals surface area contributed by atoms with E-state index in [-0.39, 0.29) is 11.6 Å². The molecule has 1 aromatic carbocycles. The molecule has 0 aliphatic carbocycles. The zero-order valence-corrected chi connectivity index (χ0v) is 12.1. The summed E-state index contributed by atoms with van der Waals surface area (Å²) in [6, 6.07) is 6.01. The molecule has 6 heteroatoms. The van der Waals surface area contributed by atoms with Crippen LogP contribution in [0.4, 0.5) is 4.39 Å². The molecule has 0 aliphatic heterocycles. The molecule has 0 fully saturated rings. The van der Waals surface area contributed by atoms with Gasteiger partial charge in [-0.3, -0.25) is 4.98 Å². The number of pyridine rings is 1. The van der Waals surface area contributed by atoms with E-state index < -0.39 is 5.82 Å². The molecule has 0 amide bonds. The van der Waals surface area contributed by atoms with Crippen molar-refractivity contribution in [2.24, 2.45) is 0 Å². The minimum Gasteiger partial charge on any atom is -0.486 e. The molecule has 2 nitrogen and oxygen atoms in total. The van der Waals surface area contributed by atoms with Crippen LogP contribution in [0.1, 0.15) is 5.69 Å². The van der Waals surface area contributed by atoms with Gasteiger partial charge >= 0.3 is 0 Å². The van der Waals surface area contributed by atoms with Gasteiger partial charge in [-0.15, -0.1) is 0 Å². The van der Waals surface area contributed by atoms with Gasteiger partial charge in [-0.25, -0.2) is 4.39 Å². The van der Waals surface area contributed by atoms with Gasteiger partial charge in [-0.05, 0) is 34.1 Å². The largest absolute Gasteiger partial charge is 0.486 e. The van der Waals surface area contributed by atoms with Gasteiger partial charge in [0.2, 0.25) is 0 Å². The lowest BCUT2D eigenvalue weighted by Gasteiger charge is -2.08. The van der Waals surface area contributed by atoms with Gasteiger partial charge in [0.25, 0.3) is 0 Å². The minimum absolute atomic E-state index is 0.0371. The molecule has 1 heterocycles. The number of hydrogen-bond acceptors (Lipinski definition) is 2. The Morgan fingerprint density at radius 2 is 2.06 bits per heavy atom. The Kier molecular flexibility index (Phi) is 4.43. The van der Waals surface area contributed by atoms with E-state index in [1.54, 1.807) is 18.3 Å². The highest BCUT2D eigenvalue weighted by atomic mass is 79.9. The fourth-order valence-electron chi connectivity index (χ4n) is 1.29. The number of aromatic nitrogens is 1. The summed E-state index contributed by atoms with van der Waals surface area (Å²) in [7, 11) is 0. The molecule has 2 aromatic rings. The topological polar surface area (TPSA) is 22.1 Å². The Morgan fingerprint density at radius 1 is 1.28 bits per heavy atom. The van der Waals surface area contributed by atoms with Crippen LogP contribution in [0.3, 0.4) is 0 Å². The quantitative estimate of drug-likeness (QED) is 0.737. The molecular weight excluding hydrogens is 344 g/mol. The number of ether oxygens (including phenoxy) is 1. The first kappa shape index (κ1) is 13.6. The van der Waals surface area contributed by atoms with E-state index in [4.69, 9.17) is 27.9 Å². The summed E-state index contributed by atoms with van der Waals surface area (Å²) in [5, 5.41) is 0.611. The summed E-state index contributed by atoms with van der Waals surface area (Å²) >= 11 is 14.7. The van der Waals surface area contributed by atoms with Crippen molar-refractivity contribution in [3.8, 4) is 5.75 Å². The van der Waals surface area contributed by atoms with Crippen LogP contribution in [0.2, 0.25) is 10.0 Å². The third-order valence-corrected chi connectivity index (χ3v) is 3.27.